The molecular formula is C28H27F7N6O4S. The van der Waals surface area contributed by atoms with Crippen LogP contribution in [0.3, 0.4) is 0 Å². The predicted octanol–water partition coefficient (Wildman–Crippen LogP) is 4.17. The molecule has 7 rings (SSSR count). The summed E-state index contributed by atoms with van der Waals surface area (Å²) in [4.78, 5) is 14.0. The van der Waals surface area contributed by atoms with Crippen molar-refractivity contribution in [3.8, 4) is 23.1 Å². The van der Waals surface area contributed by atoms with Gasteiger partial charge in [0.1, 0.15) is 39.6 Å². The summed E-state index contributed by atoms with van der Waals surface area (Å²) in [7, 11) is -3.58. The van der Waals surface area contributed by atoms with E-state index in [9.17, 15) is 34.8 Å². The number of benzene rings is 1. The monoisotopic (exact) mass is 676 g/mol. The van der Waals surface area contributed by atoms with Crippen molar-refractivity contribution in [1.82, 2.24) is 20.3 Å². The van der Waals surface area contributed by atoms with Gasteiger partial charge in [0.05, 0.1) is 17.3 Å². The van der Waals surface area contributed by atoms with Gasteiger partial charge in [-0.15, -0.1) is 0 Å². The molecule has 4 atom stereocenters. The van der Waals surface area contributed by atoms with Crippen molar-refractivity contribution in [2.75, 3.05) is 30.0 Å². The van der Waals surface area contributed by atoms with Crippen molar-refractivity contribution in [1.29, 1.82) is 0 Å². The van der Waals surface area contributed by atoms with Crippen molar-refractivity contribution >= 4 is 32.2 Å². The number of nitrogens with one attached hydrogen (secondary N) is 1. The minimum atomic E-state index is -5.21. The largest absolute Gasteiger partial charge is 0.465 e. The van der Waals surface area contributed by atoms with E-state index in [4.69, 9.17) is 15.2 Å². The Hall–Kier alpha value is -3.67. The molecule has 46 heavy (non-hydrogen) atoms. The van der Waals surface area contributed by atoms with E-state index in [1.807, 2.05) is 0 Å². The van der Waals surface area contributed by atoms with Crippen LogP contribution in [0.15, 0.2) is 6.07 Å². The zero-order valence-corrected chi connectivity index (χ0v) is 25.1. The van der Waals surface area contributed by atoms with Crippen molar-refractivity contribution in [2.24, 2.45) is 0 Å². The molecule has 2 aromatic heterocycles. The Morgan fingerprint density at radius 1 is 1.17 bits per heavy atom. The Balaban J connectivity index is 1.49. The molecule has 248 valence electrons. The van der Waals surface area contributed by atoms with Gasteiger partial charge in [-0.05, 0) is 44.2 Å². The molecule has 4 aliphatic rings. The number of fused-ring (bicyclic) bond motifs is 5. The topological polar surface area (TPSA) is 133 Å². The van der Waals surface area contributed by atoms with E-state index in [1.165, 1.54) is 4.90 Å². The molecule has 1 saturated carbocycles. The highest BCUT2D eigenvalue weighted by Gasteiger charge is 2.54. The number of ether oxygens (including phenoxy) is 2. The third kappa shape index (κ3) is 4.69. The van der Waals surface area contributed by atoms with Crippen LogP contribution in [0.2, 0.25) is 0 Å². The average molecular weight is 677 g/mol. The van der Waals surface area contributed by atoms with Gasteiger partial charge in [-0.2, -0.15) is 23.1 Å². The SMILES string of the molecule is Cc1c(F)c(N)cc(-c2nc3c4c(nc(OCC5(S(C)(=O)=O)CC5)nc4c2F)N2C[C@H]4CC[C@H](N4)[C@H]2[C@H](C(F)F)O3)c1C(F)(F)F. The number of anilines is 2. The molecule has 2 saturated heterocycles. The van der Waals surface area contributed by atoms with Gasteiger partial charge in [-0.25, -0.2) is 31.0 Å². The number of nitrogens with two attached hydrogens (primary N) is 1. The number of sulfone groups is 1. The zero-order valence-electron chi connectivity index (χ0n) is 24.3. The molecule has 0 unspecified atom stereocenters. The average Bonchev–Trinajstić information content (AvgIpc) is 3.71. The molecular weight excluding hydrogens is 649 g/mol. The fraction of sp³-hybridized carbons (Fsp3) is 0.536. The predicted molar refractivity (Wildman–Crippen MR) is 151 cm³/mol. The van der Waals surface area contributed by atoms with Crippen LogP contribution in [0.25, 0.3) is 22.2 Å². The molecule has 10 nitrogen and oxygen atoms in total. The number of hydrogen-bond acceptors (Lipinski definition) is 10. The Labute approximate surface area is 257 Å². The number of rotatable bonds is 6. The number of aromatic nitrogens is 3. The Morgan fingerprint density at radius 3 is 2.52 bits per heavy atom. The highest BCUT2D eigenvalue weighted by atomic mass is 32.2. The van der Waals surface area contributed by atoms with Crippen LogP contribution in [-0.4, -0.2) is 78.2 Å². The molecule has 1 aromatic carbocycles. The lowest BCUT2D eigenvalue weighted by Crippen LogP contribution is -2.64. The maximum absolute atomic E-state index is 16.6. The van der Waals surface area contributed by atoms with Gasteiger partial charge in [0.15, 0.2) is 21.8 Å². The highest BCUT2D eigenvalue weighted by molar-refractivity contribution is 7.92. The summed E-state index contributed by atoms with van der Waals surface area (Å²) in [5.41, 5.74) is -0.244. The van der Waals surface area contributed by atoms with Crippen LogP contribution in [0, 0.1) is 18.6 Å². The lowest BCUT2D eigenvalue weighted by atomic mass is 9.96. The first-order chi connectivity index (χ1) is 21.5. The van der Waals surface area contributed by atoms with Crippen molar-refractivity contribution < 1.29 is 48.6 Å². The number of alkyl halides is 5. The summed E-state index contributed by atoms with van der Waals surface area (Å²) in [6.45, 7) is 0.555. The van der Waals surface area contributed by atoms with E-state index < -0.39 is 109 Å². The van der Waals surface area contributed by atoms with Crippen molar-refractivity contribution in [3.05, 3.63) is 28.8 Å². The first kappa shape index (κ1) is 31.0. The van der Waals surface area contributed by atoms with Crippen LogP contribution in [0.1, 0.15) is 36.8 Å². The zero-order chi connectivity index (χ0) is 33.1. The molecule has 3 aliphatic heterocycles. The Kier molecular flexibility index (Phi) is 6.84. The molecule has 5 heterocycles. The number of nitrogens with zero attached hydrogens (tertiary/aromatic N) is 4. The minimum Gasteiger partial charge on any atom is -0.465 e. The first-order valence-electron chi connectivity index (χ1n) is 14.4. The molecule has 0 spiro atoms. The van der Waals surface area contributed by atoms with E-state index in [0.29, 0.717) is 18.9 Å². The Bertz CT molecular complexity index is 1890. The summed E-state index contributed by atoms with van der Waals surface area (Å²) in [5.74, 6) is -3.56. The van der Waals surface area contributed by atoms with Gasteiger partial charge in [-0.3, -0.25) is 0 Å². The smallest absolute Gasteiger partial charge is 0.417 e. The van der Waals surface area contributed by atoms with Gasteiger partial charge >= 0.3 is 12.2 Å². The normalized spacial score (nSPS) is 25.0. The van der Waals surface area contributed by atoms with Crippen LogP contribution >= 0.6 is 0 Å². The Morgan fingerprint density at radius 2 is 1.89 bits per heavy atom. The molecule has 0 radical (unpaired) electrons. The fourth-order valence-corrected chi connectivity index (χ4v) is 7.96. The van der Waals surface area contributed by atoms with Crippen LogP contribution in [0.4, 0.5) is 42.2 Å². The maximum atomic E-state index is 16.6. The third-order valence-corrected chi connectivity index (χ3v) is 11.5. The summed E-state index contributed by atoms with van der Waals surface area (Å²) >= 11 is 0. The second kappa shape index (κ2) is 10.2. The number of piperazine rings is 1. The van der Waals surface area contributed by atoms with E-state index >= 15 is 4.39 Å². The highest BCUT2D eigenvalue weighted by Crippen LogP contribution is 2.48. The number of nitrogen functional groups attached to an aromatic ring is 1. The molecule has 0 amide bonds. The van der Waals surface area contributed by atoms with Crippen LogP contribution < -0.4 is 25.4 Å². The number of hydrogen-bond donors (Lipinski definition) is 2. The molecule has 1 aliphatic carbocycles. The lowest BCUT2D eigenvalue weighted by Gasteiger charge is -2.43. The minimum absolute atomic E-state index is 0.102. The second-order valence-corrected chi connectivity index (χ2v) is 14.7. The van der Waals surface area contributed by atoms with E-state index in [2.05, 4.69) is 20.3 Å². The van der Waals surface area contributed by atoms with Crippen molar-refractivity contribution in [2.45, 2.75) is 74.2 Å². The summed E-state index contributed by atoms with van der Waals surface area (Å²) < 4.78 is 139. The molecule has 3 fully saturated rings. The van der Waals surface area contributed by atoms with Gasteiger partial charge in [0, 0.05) is 30.4 Å². The standard InChI is InChI=1S/C28H27F7N6O4S/c1-10-16(28(33,34)35)12(7-13(36)17(10)29)19-18(30)20-15-24(40-26(39-20)44-9-27(5-6-27)46(2,42)43)41-8-11-3-4-14(37-11)21(41)22(23(31)32)45-25(15)38-19/h7,11,14,21-23,37H,3-6,8-9,36H2,1-2H3/t11-,14+,21+,22-/m1/s1. The second-order valence-electron chi connectivity index (χ2n) is 12.3. The lowest BCUT2D eigenvalue weighted by molar-refractivity contribution is -0.137. The number of pyridine rings is 1. The fourth-order valence-electron chi connectivity index (χ4n) is 6.84. The maximum Gasteiger partial charge on any atom is 0.417 e. The number of halogens is 7. The van der Waals surface area contributed by atoms with Crippen molar-refractivity contribution in [3.63, 3.8) is 0 Å². The molecule has 3 N–H and O–H groups in total. The van der Waals surface area contributed by atoms with E-state index in [-0.39, 0.29) is 36.6 Å². The molecule has 3 aromatic rings. The van der Waals surface area contributed by atoms with Crippen LogP contribution in [-0.2, 0) is 16.0 Å². The molecule has 2 bridgehead atoms. The molecule has 18 heteroatoms. The van der Waals surface area contributed by atoms with Gasteiger partial charge < -0.3 is 25.4 Å². The van der Waals surface area contributed by atoms with Gasteiger partial charge in [-0.1, -0.05) is 0 Å². The van der Waals surface area contributed by atoms with Crippen LogP contribution in [0.5, 0.6) is 11.9 Å². The van der Waals surface area contributed by atoms with Gasteiger partial charge in [0.25, 0.3) is 6.43 Å². The summed E-state index contributed by atoms with van der Waals surface area (Å²) in [6.07, 6.45) is -7.45. The first-order valence-corrected chi connectivity index (χ1v) is 16.3. The summed E-state index contributed by atoms with van der Waals surface area (Å²) in [6, 6.07) is -1.68. The third-order valence-electron chi connectivity index (χ3n) is 9.41. The quantitative estimate of drug-likeness (QED) is 0.290. The van der Waals surface area contributed by atoms with Gasteiger partial charge in [0.2, 0.25) is 5.88 Å². The van der Waals surface area contributed by atoms with E-state index in [0.717, 1.165) is 13.2 Å². The van der Waals surface area contributed by atoms with E-state index in [1.54, 1.807) is 0 Å². The summed E-state index contributed by atoms with van der Waals surface area (Å²) in [5, 5.41) is 2.99.